The van der Waals surface area contributed by atoms with E-state index in [1.54, 1.807) is 12.1 Å². The summed E-state index contributed by atoms with van der Waals surface area (Å²) >= 11 is 5.92. The van der Waals surface area contributed by atoms with Crippen molar-refractivity contribution in [2.75, 3.05) is 19.7 Å². The molecule has 3 fully saturated rings. The molecule has 2 aliphatic heterocycles. The molecule has 2 aromatic rings. The van der Waals surface area contributed by atoms with Crippen molar-refractivity contribution in [1.82, 2.24) is 20.4 Å². The Morgan fingerprint density at radius 3 is 2.59 bits per heavy atom. The maximum atomic E-state index is 13.0. The number of benzene rings is 1. The smallest absolute Gasteiger partial charge is 0.407 e. The summed E-state index contributed by atoms with van der Waals surface area (Å²) in [5.41, 5.74) is 0.360. The van der Waals surface area contributed by atoms with Gasteiger partial charge in [-0.05, 0) is 49.9 Å². The van der Waals surface area contributed by atoms with Crippen molar-refractivity contribution in [2.45, 2.75) is 37.1 Å². The van der Waals surface area contributed by atoms with Crippen LogP contribution in [-0.4, -0.2) is 52.3 Å². The highest BCUT2D eigenvalue weighted by Gasteiger charge is 2.56. The number of aromatic nitrogens is 2. The molecule has 8 nitrogen and oxygen atoms in total. The number of rotatable bonds is 3. The van der Waals surface area contributed by atoms with E-state index in [0.29, 0.717) is 29.8 Å². The van der Waals surface area contributed by atoms with Gasteiger partial charge >= 0.3 is 6.09 Å². The second-order valence-electron chi connectivity index (χ2n) is 8.01. The molecule has 2 atom stereocenters. The maximum Gasteiger partial charge on any atom is 0.407 e. The second kappa shape index (κ2) is 7.02. The van der Waals surface area contributed by atoms with Crippen LogP contribution >= 0.6 is 11.6 Å². The number of alkyl carbamates (subject to hydrolysis) is 1. The van der Waals surface area contributed by atoms with Crippen LogP contribution in [0.15, 0.2) is 28.8 Å². The zero-order valence-corrected chi connectivity index (χ0v) is 16.5. The van der Waals surface area contributed by atoms with Crippen LogP contribution in [0.4, 0.5) is 4.79 Å². The van der Waals surface area contributed by atoms with Gasteiger partial charge in [-0.25, -0.2) is 4.79 Å². The highest BCUT2D eigenvalue weighted by Crippen LogP contribution is 2.43. The van der Waals surface area contributed by atoms with E-state index >= 15 is 0 Å². The molecule has 1 aromatic heterocycles. The number of cyclic esters (lactones) is 1. The highest BCUT2D eigenvalue weighted by atomic mass is 35.5. The lowest BCUT2D eigenvalue weighted by atomic mass is 9.66. The first-order valence-corrected chi connectivity index (χ1v) is 10.3. The Labute approximate surface area is 172 Å². The molecular weight excluding hydrogens is 396 g/mol. The van der Waals surface area contributed by atoms with Crippen molar-refractivity contribution in [3.05, 3.63) is 35.2 Å². The largest absolute Gasteiger partial charge is 0.447 e. The Bertz CT molecular complexity index is 938. The predicted molar refractivity (Wildman–Crippen MR) is 103 cm³/mol. The number of piperidine rings is 1. The number of hydrogen-bond acceptors (Lipinski definition) is 6. The lowest BCUT2D eigenvalue weighted by molar-refractivity contribution is -0.144. The normalized spacial score (nSPS) is 26.9. The van der Waals surface area contributed by atoms with Crippen molar-refractivity contribution in [1.29, 1.82) is 0 Å². The molecule has 1 spiro atoms. The third kappa shape index (κ3) is 3.25. The number of carbonyl (C=O) groups is 2. The minimum absolute atomic E-state index is 0.105. The maximum absolute atomic E-state index is 13.0. The Kier molecular flexibility index (Phi) is 4.46. The van der Waals surface area contributed by atoms with Crippen molar-refractivity contribution < 1.29 is 18.8 Å². The number of halogens is 1. The van der Waals surface area contributed by atoms with E-state index in [0.717, 1.165) is 31.2 Å². The minimum atomic E-state index is -0.495. The lowest BCUT2D eigenvalue weighted by Crippen LogP contribution is -2.62. The van der Waals surface area contributed by atoms with Gasteiger partial charge in [-0.3, -0.25) is 4.79 Å². The fourth-order valence-corrected chi connectivity index (χ4v) is 4.60. The van der Waals surface area contributed by atoms with Gasteiger partial charge in [-0.2, -0.15) is 4.98 Å². The van der Waals surface area contributed by atoms with E-state index in [-0.39, 0.29) is 24.3 Å². The summed E-state index contributed by atoms with van der Waals surface area (Å²) in [5.74, 6) is 1.21. The second-order valence-corrected chi connectivity index (χ2v) is 8.45. The topological polar surface area (TPSA) is 97.6 Å². The zero-order valence-electron chi connectivity index (χ0n) is 15.8. The zero-order chi connectivity index (χ0) is 20.0. The summed E-state index contributed by atoms with van der Waals surface area (Å²) in [5, 5.41) is 7.59. The first-order chi connectivity index (χ1) is 14.0. The van der Waals surface area contributed by atoms with E-state index in [4.69, 9.17) is 20.9 Å². The number of nitrogens with zero attached hydrogens (tertiary/aromatic N) is 3. The highest BCUT2D eigenvalue weighted by molar-refractivity contribution is 6.30. The van der Waals surface area contributed by atoms with E-state index in [1.807, 2.05) is 17.0 Å². The molecule has 3 aliphatic rings. The third-order valence-electron chi connectivity index (χ3n) is 6.36. The molecule has 0 radical (unpaired) electrons. The number of ether oxygens (including phenoxy) is 1. The fraction of sp³-hybridized carbons (Fsp3) is 0.500. The van der Waals surface area contributed by atoms with Gasteiger partial charge in [0.25, 0.3) is 0 Å². The molecule has 1 N–H and O–H groups in total. The van der Waals surface area contributed by atoms with Gasteiger partial charge in [-0.1, -0.05) is 16.8 Å². The van der Waals surface area contributed by atoms with Crippen LogP contribution in [-0.2, 0) is 9.53 Å². The average molecular weight is 417 g/mol. The molecule has 9 heteroatoms. The molecule has 1 saturated carbocycles. The summed E-state index contributed by atoms with van der Waals surface area (Å²) in [6.45, 7) is 1.57. The van der Waals surface area contributed by atoms with Crippen molar-refractivity contribution in [3.8, 4) is 11.4 Å². The summed E-state index contributed by atoms with van der Waals surface area (Å²) in [6.07, 6.45) is 2.71. The standard InChI is InChI=1S/C20H21ClN4O4/c21-14-3-1-12(2-4-14)16-22-17(29-24-16)13-6-9-25(10-7-13)18(26)15-5-8-20(15)11-28-19(27)23-20/h1-4,13,15H,5-11H2,(H,23,27). The van der Waals surface area contributed by atoms with Gasteiger partial charge in [0.1, 0.15) is 6.61 Å². The molecule has 2 saturated heterocycles. The molecule has 2 unspecified atom stereocenters. The molecule has 2 amide bonds. The quantitative estimate of drug-likeness (QED) is 0.826. The van der Waals surface area contributed by atoms with Crippen LogP contribution in [0.1, 0.15) is 37.5 Å². The first-order valence-electron chi connectivity index (χ1n) is 9.87. The van der Waals surface area contributed by atoms with Gasteiger partial charge in [0.2, 0.25) is 17.6 Å². The summed E-state index contributed by atoms with van der Waals surface area (Å²) in [7, 11) is 0. The molecule has 3 heterocycles. The van der Waals surface area contributed by atoms with Crippen LogP contribution in [0.2, 0.25) is 5.02 Å². The van der Waals surface area contributed by atoms with Crippen LogP contribution in [0.3, 0.4) is 0 Å². The van der Waals surface area contributed by atoms with Gasteiger partial charge < -0.3 is 19.5 Å². The van der Waals surface area contributed by atoms with Crippen molar-refractivity contribution >= 4 is 23.6 Å². The van der Waals surface area contributed by atoms with E-state index in [9.17, 15) is 9.59 Å². The molecule has 0 bridgehead atoms. The molecule has 1 aromatic carbocycles. The van der Waals surface area contributed by atoms with Crippen LogP contribution in [0, 0.1) is 5.92 Å². The van der Waals surface area contributed by atoms with Crippen molar-refractivity contribution in [2.24, 2.45) is 5.92 Å². The van der Waals surface area contributed by atoms with Crippen LogP contribution < -0.4 is 5.32 Å². The monoisotopic (exact) mass is 416 g/mol. The van der Waals surface area contributed by atoms with Crippen molar-refractivity contribution in [3.63, 3.8) is 0 Å². The molecule has 5 rings (SSSR count). The lowest BCUT2D eigenvalue weighted by Gasteiger charge is -2.46. The number of likely N-dealkylation sites (tertiary alicyclic amines) is 1. The van der Waals surface area contributed by atoms with Gasteiger partial charge in [0.05, 0.1) is 11.5 Å². The molecular formula is C20H21ClN4O4. The first kappa shape index (κ1) is 18.4. The molecule has 29 heavy (non-hydrogen) atoms. The summed E-state index contributed by atoms with van der Waals surface area (Å²) < 4.78 is 10.5. The number of hydrogen-bond donors (Lipinski definition) is 1. The summed E-state index contributed by atoms with van der Waals surface area (Å²) in [4.78, 5) is 30.8. The van der Waals surface area contributed by atoms with Gasteiger partial charge in [0, 0.05) is 29.6 Å². The molecule has 152 valence electrons. The average Bonchev–Trinajstić information content (AvgIpc) is 3.36. The fourth-order valence-electron chi connectivity index (χ4n) is 4.47. The molecule has 1 aliphatic carbocycles. The van der Waals surface area contributed by atoms with Gasteiger partial charge in [0.15, 0.2) is 0 Å². The SMILES string of the molecule is O=C1NC2(CCC2C(=O)N2CCC(c3nc(-c4ccc(Cl)cc4)no3)CC2)CO1. The van der Waals surface area contributed by atoms with E-state index in [2.05, 4.69) is 15.5 Å². The Balaban J connectivity index is 1.20. The number of amides is 2. The minimum Gasteiger partial charge on any atom is -0.447 e. The van der Waals surface area contributed by atoms with E-state index < -0.39 is 11.6 Å². The van der Waals surface area contributed by atoms with Gasteiger partial charge in [-0.15, -0.1) is 0 Å². The number of nitrogens with one attached hydrogen (secondary N) is 1. The predicted octanol–water partition coefficient (Wildman–Crippen LogP) is 2.98. The summed E-state index contributed by atoms with van der Waals surface area (Å²) in [6, 6.07) is 7.31. The van der Waals surface area contributed by atoms with E-state index in [1.165, 1.54) is 0 Å². The Hall–Kier alpha value is -2.61. The Morgan fingerprint density at radius 1 is 1.21 bits per heavy atom. The third-order valence-corrected chi connectivity index (χ3v) is 6.61. The number of carbonyl (C=O) groups excluding carboxylic acids is 2. The Morgan fingerprint density at radius 2 is 1.97 bits per heavy atom. The van der Waals surface area contributed by atoms with Crippen LogP contribution in [0.25, 0.3) is 11.4 Å². The van der Waals surface area contributed by atoms with Crippen LogP contribution in [0.5, 0.6) is 0 Å².